The topological polar surface area (TPSA) is 196 Å². The largest absolute Gasteiger partial charge is 0.435 e. The molecule has 12 nitrogen and oxygen atoms in total. The van der Waals surface area contributed by atoms with Crippen LogP contribution in [-0.2, 0) is 23.7 Å². The number of carbonyl (C=O) groups excluding carboxylic acids is 1. The molecule has 2 aliphatic heterocycles. The molecular weight excluding hydrogens is 348 g/mol. The quantitative estimate of drug-likeness (QED) is 0.220. The van der Waals surface area contributed by atoms with Gasteiger partial charge < -0.3 is 54.7 Å². The van der Waals surface area contributed by atoms with Gasteiger partial charge in [-0.3, -0.25) is 4.79 Å². The number of hydrogen-bond donors (Lipinski definition) is 7. The summed E-state index contributed by atoms with van der Waals surface area (Å²) in [7, 11) is 0. The second-order valence-corrected chi connectivity index (χ2v) is 5.74. The number of hydrogen-bond acceptors (Lipinski definition) is 12. The Morgan fingerprint density at radius 3 is 1.80 bits per heavy atom. The Morgan fingerprint density at radius 1 is 0.760 bits per heavy atom. The minimum atomic E-state index is -1.77. The molecule has 0 bridgehead atoms. The van der Waals surface area contributed by atoms with Gasteiger partial charge in [0.25, 0.3) is 6.47 Å². The first-order valence-corrected chi connectivity index (χ1v) is 7.53. The summed E-state index contributed by atoms with van der Waals surface area (Å²) in [5.74, 6) is 0. The van der Waals surface area contributed by atoms with Crippen LogP contribution in [0.2, 0.25) is 0 Å². The summed E-state index contributed by atoms with van der Waals surface area (Å²) >= 11 is 0. The van der Waals surface area contributed by atoms with Crippen molar-refractivity contribution in [3.8, 4) is 0 Å². The molecule has 0 spiro atoms. The molecule has 2 fully saturated rings. The lowest BCUT2D eigenvalue weighted by Crippen LogP contribution is -2.64. The molecule has 10 atom stereocenters. The van der Waals surface area contributed by atoms with Gasteiger partial charge in [0.05, 0.1) is 13.2 Å². The molecule has 2 heterocycles. The highest BCUT2D eigenvalue weighted by molar-refractivity contribution is 5.37. The van der Waals surface area contributed by atoms with E-state index in [0.29, 0.717) is 0 Å². The number of aliphatic hydroxyl groups is 7. The Bertz CT molecular complexity index is 433. The van der Waals surface area contributed by atoms with Gasteiger partial charge in [0.1, 0.15) is 42.7 Å². The van der Waals surface area contributed by atoms with Crippen LogP contribution in [0.15, 0.2) is 0 Å². The van der Waals surface area contributed by atoms with Crippen molar-refractivity contribution in [3.63, 3.8) is 0 Å². The van der Waals surface area contributed by atoms with Crippen molar-refractivity contribution in [1.82, 2.24) is 0 Å². The van der Waals surface area contributed by atoms with Gasteiger partial charge in [0.2, 0.25) is 6.29 Å². The Hall–Kier alpha value is -0.930. The van der Waals surface area contributed by atoms with E-state index in [2.05, 4.69) is 4.74 Å². The average Bonchev–Trinajstić information content (AvgIpc) is 2.61. The molecular formula is C13H22O12. The van der Waals surface area contributed by atoms with Crippen molar-refractivity contribution >= 4 is 6.47 Å². The number of aliphatic hydroxyl groups excluding tert-OH is 7. The molecule has 25 heavy (non-hydrogen) atoms. The molecule has 146 valence electrons. The highest BCUT2D eigenvalue weighted by atomic mass is 16.8. The fourth-order valence-corrected chi connectivity index (χ4v) is 2.70. The minimum absolute atomic E-state index is 0.00678. The van der Waals surface area contributed by atoms with E-state index in [0.717, 1.165) is 0 Å². The summed E-state index contributed by atoms with van der Waals surface area (Å²) in [5, 5.41) is 67.7. The number of carbonyl (C=O) groups is 1. The maximum atomic E-state index is 10.6. The molecule has 0 amide bonds. The molecule has 12 heteroatoms. The molecule has 0 saturated carbocycles. The molecule has 7 N–H and O–H groups in total. The van der Waals surface area contributed by atoms with E-state index in [-0.39, 0.29) is 6.47 Å². The van der Waals surface area contributed by atoms with E-state index in [1.807, 2.05) is 0 Å². The fourth-order valence-electron chi connectivity index (χ4n) is 2.70. The van der Waals surface area contributed by atoms with E-state index in [4.69, 9.17) is 24.4 Å². The molecule has 0 aromatic rings. The van der Waals surface area contributed by atoms with Gasteiger partial charge in [-0.15, -0.1) is 0 Å². The third kappa shape index (κ3) is 4.09. The van der Waals surface area contributed by atoms with Crippen LogP contribution in [0.1, 0.15) is 0 Å². The van der Waals surface area contributed by atoms with Gasteiger partial charge in [-0.2, -0.15) is 0 Å². The summed E-state index contributed by atoms with van der Waals surface area (Å²) in [6.07, 6.45) is -15.7. The maximum absolute atomic E-state index is 10.6. The lowest BCUT2D eigenvalue weighted by Gasteiger charge is -2.45. The predicted molar refractivity (Wildman–Crippen MR) is 73.5 cm³/mol. The Balaban J connectivity index is 2.15. The van der Waals surface area contributed by atoms with Crippen molar-refractivity contribution in [2.24, 2.45) is 0 Å². The van der Waals surface area contributed by atoms with Crippen LogP contribution in [0.3, 0.4) is 0 Å². The van der Waals surface area contributed by atoms with E-state index >= 15 is 0 Å². The second-order valence-electron chi connectivity index (χ2n) is 5.74. The highest BCUT2D eigenvalue weighted by Crippen LogP contribution is 2.29. The molecule has 2 saturated heterocycles. The second kappa shape index (κ2) is 8.64. The fraction of sp³-hybridized carbons (Fsp3) is 0.923. The van der Waals surface area contributed by atoms with Crippen molar-refractivity contribution in [1.29, 1.82) is 0 Å². The number of rotatable bonds is 6. The zero-order valence-electron chi connectivity index (χ0n) is 12.9. The standard InChI is InChI=1S/C13H22O12/c14-1-4-6(17)8(19)10(21)12(23-4)25-11-9(20)7(18)5(2-15)24-13(11)22-3-16/h3-15,17-21H,1-2H2/t4?,5?,6?,7?,8?,9?,10-,11?,12?,13?/m1/s1. The molecule has 0 aromatic heterocycles. The summed E-state index contributed by atoms with van der Waals surface area (Å²) < 4.78 is 20.1. The Labute approximate surface area is 141 Å². The van der Waals surface area contributed by atoms with E-state index in [9.17, 15) is 30.3 Å². The molecule has 0 aliphatic carbocycles. The van der Waals surface area contributed by atoms with Gasteiger partial charge in [0, 0.05) is 0 Å². The van der Waals surface area contributed by atoms with Gasteiger partial charge in [-0.25, -0.2) is 0 Å². The van der Waals surface area contributed by atoms with Gasteiger partial charge >= 0.3 is 0 Å². The Kier molecular flexibility index (Phi) is 7.04. The van der Waals surface area contributed by atoms with Crippen molar-refractivity contribution in [2.75, 3.05) is 13.2 Å². The van der Waals surface area contributed by atoms with Crippen molar-refractivity contribution in [3.05, 3.63) is 0 Å². The van der Waals surface area contributed by atoms with Gasteiger partial charge in [-0.05, 0) is 0 Å². The highest BCUT2D eigenvalue weighted by Gasteiger charge is 2.51. The molecule has 2 aliphatic rings. The van der Waals surface area contributed by atoms with E-state index < -0.39 is 74.6 Å². The smallest absolute Gasteiger partial charge is 0.295 e. The molecule has 0 radical (unpaired) electrons. The first kappa shape index (κ1) is 20.4. The number of ether oxygens (including phenoxy) is 4. The van der Waals surface area contributed by atoms with Crippen LogP contribution >= 0.6 is 0 Å². The van der Waals surface area contributed by atoms with Crippen molar-refractivity contribution < 1.29 is 59.5 Å². The SMILES string of the molecule is O=COC1OC(CO)C(O)C(O)C1OC1OC(CO)C(O)C(O)[C@H]1O. The molecule has 2 rings (SSSR count). The third-order valence-corrected chi connectivity index (χ3v) is 4.15. The maximum Gasteiger partial charge on any atom is 0.295 e. The third-order valence-electron chi connectivity index (χ3n) is 4.15. The first-order chi connectivity index (χ1) is 11.8. The molecule has 9 unspecified atom stereocenters. The van der Waals surface area contributed by atoms with Gasteiger partial charge in [-0.1, -0.05) is 0 Å². The summed E-state index contributed by atoms with van der Waals surface area (Å²) in [5.41, 5.74) is 0. The summed E-state index contributed by atoms with van der Waals surface area (Å²) in [6.45, 7) is -1.38. The predicted octanol–water partition coefficient (Wildman–Crippen LogP) is -5.22. The zero-order valence-corrected chi connectivity index (χ0v) is 12.9. The molecule has 0 aromatic carbocycles. The van der Waals surface area contributed by atoms with Crippen LogP contribution in [0.4, 0.5) is 0 Å². The van der Waals surface area contributed by atoms with Crippen LogP contribution in [0.5, 0.6) is 0 Å². The van der Waals surface area contributed by atoms with Crippen molar-refractivity contribution in [2.45, 2.75) is 61.4 Å². The average molecular weight is 370 g/mol. The van der Waals surface area contributed by atoms with Gasteiger partial charge in [0.15, 0.2) is 12.4 Å². The van der Waals surface area contributed by atoms with Crippen LogP contribution in [0, 0.1) is 0 Å². The first-order valence-electron chi connectivity index (χ1n) is 7.53. The monoisotopic (exact) mass is 370 g/mol. The lowest BCUT2D eigenvalue weighted by molar-refractivity contribution is -0.361. The Morgan fingerprint density at radius 2 is 1.28 bits per heavy atom. The van der Waals surface area contributed by atoms with E-state index in [1.54, 1.807) is 0 Å². The van der Waals surface area contributed by atoms with E-state index in [1.165, 1.54) is 0 Å². The zero-order chi connectivity index (χ0) is 18.7. The van der Waals surface area contributed by atoms with Crippen LogP contribution < -0.4 is 0 Å². The summed E-state index contributed by atoms with van der Waals surface area (Å²) in [4.78, 5) is 10.6. The lowest BCUT2D eigenvalue weighted by atomic mass is 9.97. The van der Waals surface area contributed by atoms with Crippen LogP contribution in [0.25, 0.3) is 0 Å². The van der Waals surface area contributed by atoms with Crippen LogP contribution in [-0.4, -0.2) is 117 Å². The summed E-state index contributed by atoms with van der Waals surface area (Å²) in [6, 6.07) is 0. The normalized spacial score (nSPS) is 48.1. The minimum Gasteiger partial charge on any atom is -0.435 e.